The zero-order valence-electron chi connectivity index (χ0n) is 34.3. The molecule has 1 spiro atoms. The number of amides is 3. The SMILES string of the molecule is CC(C)OC(=O)[C@H](C)NP(=O)(Oc1ccccc1)[C@@H](F)c1ccc2sc(C(=O)NCC3CCCC[C@H]4CC[C@@H](C(=O)N5C[C@@H](c6cccnc6)CC56CC6)N4C3=O)cc2c1. The standard InChI is InChI=1S/C45H53FN5O7PS/c1-28(2)57-44(55)29(3)49-59(56,58-36-13-5-4-6-14-36)40(46)30-15-18-38-33(22-30)23-39(60-38)41(52)48-26-32-10-7-8-12-35-16-17-37(51(35)42(32)53)43(54)50-27-34(24-45(50)19-20-45)31-11-9-21-47-25-31/h4-6,9,11,13-15,18,21-23,25,28-29,32,34-35,37,40H,7-8,10,12,16-17,19-20,24,26-27H2,1-3H3,(H,48,52)(H,49,56)/t29-,32?,34-,35-,37-,40+,59?/m0/s1. The van der Waals surface area contributed by atoms with Crippen LogP contribution in [0.2, 0.25) is 0 Å². The molecule has 8 rings (SSSR count). The number of carbonyl (C=O) groups is 4. The largest absolute Gasteiger partial charge is 0.462 e. The van der Waals surface area contributed by atoms with E-state index in [0.29, 0.717) is 34.3 Å². The average molecular weight is 858 g/mol. The van der Waals surface area contributed by atoms with E-state index in [1.54, 1.807) is 62.5 Å². The molecule has 4 aliphatic rings. The fraction of sp³-hybridized carbons (Fsp3) is 0.489. The molecule has 3 saturated heterocycles. The number of halogens is 1. The molecule has 2 aromatic carbocycles. The van der Waals surface area contributed by atoms with E-state index in [1.165, 1.54) is 30.4 Å². The first kappa shape index (κ1) is 42.1. The molecule has 5 heterocycles. The van der Waals surface area contributed by atoms with Crippen molar-refractivity contribution >= 4 is 52.6 Å². The predicted octanol–water partition coefficient (Wildman–Crippen LogP) is 8.29. The third-order valence-electron chi connectivity index (χ3n) is 12.5. The summed E-state index contributed by atoms with van der Waals surface area (Å²) in [4.78, 5) is 63.8. The number of para-hydroxylation sites is 1. The fourth-order valence-corrected chi connectivity index (χ4v) is 12.2. The lowest BCUT2D eigenvalue weighted by molar-refractivity contribution is -0.149. The maximum absolute atomic E-state index is 16.5. The van der Waals surface area contributed by atoms with Crippen LogP contribution in [-0.4, -0.2) is 81.3 Å². The van der Waals surface area contributed by atoms with Gasteiger partial charge in [0.15, 0.2) is 0 Å². The van der Waals surface area contributed by atoms with Crippen LogP contribution >= 0.6 is 18.9 Å². The van der Waals surface area contributed by atoms with Crippen molar-refractivity contribution in [2.75, 3.05) is 13.1 Å². The summed E-state index contributed by atoms with van der Waals surface area (Å²) in [5, 5.41) is 6.16. The first-order chi connectivity index (χ1) is 28.8. The Morgan fingerprint density at radius 2 is 1.78 bits per heavy atom. The molecule has 4 fully saturated rings. The van der Waals surface area contributed by atoms with Crippen LogP contribution in [0.15, 0.2) is 79.1 Å². The number of likely N-dealkylation sites (tertiary alicyclic amines) is 1. The van der Waals surface area contributed by atoms with Crippen molar-refractivity contribution in [2.24, 2.45) is 5.92 Å². The topological polar surface area (TPSA) is 147 Å². The highest BCUT2D eigenvalue weighted by Crippen LogP contribution is 2.58. The van der Waals surface area contributed by atoms with Crippen molar-refractivity contribution in [2.45, 2.75) is 120 Å². The number of thiophene rings is 1. The summed E-state index contributed by atoms with van der Waals surface area (Å²) in [5.41, 5.74) is 1.07. The Hall–Kier alpha value is -4.65. The van der Waals surface area contributed by atoms with Crippen LogP contribution in [0.25, 0.3) is 10.1 Å². The van der Waals surface area contributed by atoms with Gasteiger partial charge in [-0.25, -0.2) is 9.48 Å². The number of benzene rings is 2. The quantitative estimate of drug-likeness (QED) is 0.100. The Balaban J connectivity index is 0.948. The van der Waals surface area contributed by atoms with Gasteiger partial charge in [0.1, 0.15) is 17.8 Å². The molecule has 0 radical (unpaired) electrons. The van der Waals surface area contributed by atoms with Crippen LogP contribution in [0, 0.1) is 5.92 Å². The van der Waals surface area contributed by atoms with Crippen LogP contribution in [-0.2, 0) is 23.7 Å². The van der Waals surface area contributed by atoms with Crippen LogP contribution in [0.4, 0.5) is 4.39 Å². The Labute approximate surface area is 354 Å². The second-order valence-corrected chi connectivity index (χ2v) is 20.3. The Morgan fingerprint density at radius 3 is 2.52 bits per heavy atom. The van der Waals surface area contributed by atoms with Gasteiger partial charge in [0.05, 0.1) is 16.9 Å². The summed E-state index contributed by atoms with van der Waals surface area (Å²) in [6.45, 7) is 5.58. The molecule has 3 aliphatic heterocycles. The van der Waals surface area contributed by atoms with Crippen molar-refractivity contribution in [1.29, 1.82) is 0 Å². The van der Waals surface area contributed by atoms with Crippen molar-refractivity contribution in [3.05, 3.63) is 95.1 Å². The van der Waals surface area contributed by atoms with Crippen LogP contribution in [0.5, 0.6) is 5.75 Å². The zero-order valence-corrected chi connectivity index (χ0v) is 36.0. The highest BCUT2D eigenvalue weighted by atomic mass is 32.1. The van der Waals surface area contributed by atoms with Crippen molar-refractivity contribution < 1.29 is 37.4 Å². The number of hydrogen-bond donors (Lipinski definition) is 2. The summed E-state index contributed by atoms with van der Waals surface area (Å²) >= 11 is 1.23. The van der Waals surface area contributed by atoms with Crippen molar-refractivity contribution in [1.82, 2.24) is 25.2 Å². The number of alkyl halides is 1. The minimum Gasteiger partial charge on any atom is -0.462 e. The Bertz CT molecular complexity index is 2270. The summed E-state index contributed by atoms with van der Waals surface area (Å²) in [7, 11) is -4.44. The minimum absolute atomic E-state index is 0.00798. The van der Waals surface area contributed by atoms with E-state index < -0.39 is 43.5 Å². The van der Waals surface area contributed by atoms with Gasteiger partial charge in [0.25, 0.3) is 5.91 Å². The number of esters is 1. The Kier molecular flexibility index (Phi) is 12.2. The highest BCUT2D eigenvalue weighted by Gasteiger charge is 2.58. The third kappa shape index (κ3) is 8.74. The number of hydrogen-bond acceptors (Lipinski definition) is 9. The van der Waals surface area contributed by atoms with Crippen LogP contribution in [0.1, 0.15) is 111 Å². The summed E-state index contributed by atoms with van der Waals surface area (Å²) in [6, 6.07) is 16.9. The van der Waals surface area contributed by atoms with E-state index in [9.17, 15) is 23.7 Å². The molecule has 0 bridgehead atoms. The molecule has 12 nitrogen and oxygen atoms in total. The lowest BCUT2D eigenvalue weighted by Gasteiger charge is -2.37. The molecule has 2 unspecified atom stereocenters. The number of carbonyl (C=O) groups excluding carboxylic acids is 4. The van der Waals surface area contributed by atoms with Gasteiger partial charge in [-0.1, -0.05) is 43.2 Å². The van der Waals surface area contributed by atoms with Gasteiger partial charge in [0, 0.05) is 47.7 Å². The number of rotatable bonds is 13. The van der Waals surface area contributed by atoms with E-state index in [0.717, 1.165) is 50.5 Å². The molecule has 318 valence electrons. The van der Waals surface area contributed by atoms with Crippen molar-refractivity contribution in [3.8, 4) is 5.75 Å². The number of fused-ring (bicyclic) bond motifs is 2. The van der Waals surface area contributed by atoms with Crippen LogP contribution in [0.3, 0.4) is 0 Å². The molecule has 4 aromatic rings. The fourth-order valence-electron chi connectivity index (χ4n) is 9.30. The number of pyridine rings is 1. The van der Waals surface area contributed by atoms with E-state index in [1.807, 2.05) is 17.2 Å². The van der Waals surface area contributed by atoms with Gasteiger partial charge in [-0.2, -0.15) is 0 Å². The first-order valence-electron chi connectivity index (χ1n) is 21.2. The second kappa shape index (κ2) is 17.4. The maximum Gasteiger partial charge on any atom is 0.355 e. The van der Waals surface area contributed by atoms with Crippen molar-refractivity contribution in [3.63, 3.8) is 0 Å². The van der Waals surface area contributed by atoms with Crippen LogP contribution < -0.4 is 14.9 Å². The molecular weight excluding hydrogens is 805 g/mol. The number of nitrogens with zero attached hydrogens (tertiary/aromatic N) is 3. The lowest BCUT2D eigenvalue weighted by Crippen LogP contribution is -2.54. The van der Waals surface area contributed by atoms with Gasteiger partial charge in [0.2, 0.25) is 17.7 Å². The smallest absolute Gasteiger partial charge is 0.355 e. The number of nitrogens with one attached hydrogen (secondary N) is 2. The molecule has 2 aromatic heterocycles. The average Bonchev–Trinajstić information content (AvgIpc) is 3.52. The molecule has 1 saturated carbocycles. The number of aromatic nitrogens is 1. The summed E-state index contributed by atoms with van der Waals surface area (Å²) < 4.78 is 42.5. The molecule has 2 N–H and O–H groups in total. The molecule has 15 heteroatoms. The van der Waals surface area contributed by atoms with Gasteiger partial charge in [-0.05, 0) is 119 Å². The normalized spacial score (nSPS) is 24.3. The molecular formula is C45H53FN5O7PS. The monoisotopic (exact) mass is 857 g/mol. The van der Waals surface area contributed by atoms with E-state index in [-0.39, 0.29) is 53.1 Å². The van der Waals surface area contributed by atoms with E-state index in [4.69, 9.17) is 9.26 Å². The summed E-state index contributed by atoms with van der Waals surface area (Å²) in [5.74, 6) is -3.32. The summed E-state index contributed by atoms with van der Waals surface area (Å²) in [6.07, 6.45) is 10.9. The Morgan fingerprint density at radius 1 is 1.00 bits per heavy atom. The molecule has 3 amide bonds. The molecule has 60 heavy (non-hydrogen) atoms. The van der Waals surface area contributed by atoms with E-state index >= 15 is 4.39 Å². The lowest BCUT2D eigenvalue weighted by atomic mass is 9.94. The highest BCUT2D eigenvalue weighted by molar-refractivity contribution is 7.57. The third-order valence-corrected chi connectivity index (χ3v) is 15.7. The maximum atomic E-state index is 16.5. The minimum atomic E-state index is -4.44. The van der Waals surface area contributed by atoms with Gasteiger partial charge in [-0.3, -0.25) is 28.7 Å². The van der Waals surface area contributed by atoms with E-state index in [2.05, 4.69) is 26.4 Å². The molecule has 1 aliphatic carbocycles. The first-order valence-corrected chi connectivity index (χ1v) is 23.7. The van der Waals surface area contributed by atoms with Gasteiger partial charge in [-0.15, -0.1) is 11.3 Å². The molecule has 7 atom stereocenters. The zero-order chi connectivity index (χ0) is 42.2. The number of ether oxygens (including phenoxy) is 1. The predicted molar refractivity (Wildman–Crippen MR) is 227 cm³/mol. The van der Waals surface area contributed by atoms with Gasteiger partial charge >= 0.3 is 13.5 Å². The second-order valence-electron chi connectivity index (χ2n) is 17.1. The van der Waals surface area contributed by atoms with Gasteiger partial charge < -0.3 is 24.4 Å².